The summed E-state index contributed by atoms with van der Waals surface area (Å²) in [6, 6.07) is 11.6. The molecule has 0 radical (unpaired) electrons. The summed E-state index contributed by atoms with van der Waals surface area (Å²) in [5, 5.41) is 3.10. The molecular weight excluding hydrogens is 403 g/mol. The molecule has 1 N–H and O–H groups in total. The number of aliphatic imine (C=N–C) groups is 2. The molecule has 0 saturated carbocycles. The molecule has 2 heterocycles. The van der Waals surface area contributed by atoms with Gasteiger partial charge in [0.1, 0.15) is 17.7 Å². The number of thioether (sulfide) groups is 1. The van der Waals surface area contributed by atoms with Crippen molar-refractivity contribution in [3.8, 4) is 0 Å². The number of anilines is 1. The lowest BCUT2D eigenvalue weighted by Crippen LogP contribution is -2.42. The Kier molecular flexibility index (Phi) is 5.42. The van der Waals surface area contributed by atoms with Crippen molar-refractivity contribution in [3.63, 3.8) is 0 Å². The first-order valence-corrected chi connectivity index (χ1v) is 10.6. The fourth-order valence-corrected chi connectivity index (χ4v) is 4.10. The number of fused-ring (bicyclic) bond motifs is 3. The zero-order chi connectivity index (χ0) is 21.4. The number of aryl methyl sites for hydroxylation is 1. The van der Waals surface area contributed by atoms with Gasteiger partial charge in [0.25, 0.3) is 5.91 Å². The number of carbonyl (C=O) groups is 2. The van der Waals surface area contributed by atoms with Crippen LogP contribution in [0.2, 0.25) is 0 Å². The highest BCUT2D eigenvalue weighted by Crippen LogP contribution is 2.34. The Bertz CT molecular complexity index is 1100. The molecule has 8 heteroatoms. The number of benzene rings is 2. The molecule has 2 aliphatic heterocycles. The normalized spacial score (nSPS) is 17.4. The summed E-state index contributed by atoms with van der Waals surface area (Å²) in [5.41, 5.74) is 2.42. The smallest absolute Gasteiger partial charge is 0.259 e. The number of hydrogen-bond donors (Lipinski definition) is 1. The molecule has 30 heavy (non-hydrogen) atoms. The number of nitrogens with zero attached hydrogens (tertiary/aromatic N) is 3. The summed E-state index contributed by atoms with van der Waals surface area (Å²) >= 11 is 1.16. The predicted molar refractivity (Wildman–Crippen MR) is 118 cm³/mol. The van der Waals surface area contributed by atoms with E-state index in [0.29, 0.717) is 27.9 Å². The maximum atomic E-state index is 13.7. The second-order valence-electron chi connectivity index (χ2n) is 7.53. The third-order valence-electron chi connectivity index (χ3n) is 4.92. The Morgan fingerprint density at radius 1 is 1.27 bits per heavy atom. The predicted octanol–water partition coefficient (Wildman–Crippen LogP) is 4.12. The molecule has 1 unspecified atom stereocenters. The summed E-state index contributed by atoms with van der Waals surface area (Å²) in [6.45, 7) is 5.57. The van der Waals surface area contributed by atoms with Crippen molar-refractivity contribution in [2.45, 2.75) is 26.8 Å². The van der Waals surface area contributed by atoms with Crippen molar-refractivity contribution in [1.29, 1.82) is 0 Å². The van der Waals surface area contributed by atoms with Crippen molar-refractivity contribution in [1.82, 2.24) is 4.90 Å². The molecule has 2 aliphatic rings. The number of para-hydroxylation sites is 1. The maximum Gasteiger partial charge on any atom is 0.259 e. The van der Waals surface area contributed by atoms with Crippen LogP contribution in [0.1, 0.15) is 25.0 Å². The Morgan fingerprint density at radius 2 is 2.03 bits per heavy atom. The summed E-state index contributed by atoms with van der Waals surface area (Å²) in [5.74, 6) is -0.171. The van der Waals surface area contributed by atoms with E-state index >= 15 is 0 Å². The van der Waals surface area contributed by atoms with Crippen molar-refractivity contribution in [2.24, 2.45) is 15.9 Å². The number of carbonyl (C=O) groups excluding carboxylic acids is 2. The number of amidine groups is 2. The first kappa shape index (κ1) is 20.3. The average molecular weight is 425 g/mol. The van der Waals surface area contributed by atoms with E-state index in [1.807, 2.05) is 38.1 Å². The van der Waals surface area contributed by atoms with Crippen molar-refractivity contribution < 1.29 is 14.0 Å². The minimum atomic E-state index is -0.471. The van der Waals surface area contributed by atoms with Gasteiger partial charge in [0.2, 0.25) is 5.91 Å². The van der Waals surface area contributed by atoms with Gasteiger partial charge in [0.15, 0.2) is 5.17 Å². The van der Waals surface area contributed by atoms with Gasteiger partial charge >= 0.3 is 0 Å². The Hall–Kier alpha value is -3.00. The SMILES string of the molecule is Cc1ccc(NC(=O)CSC2=Nc3ccccc3C3=NC(C(C)C)C(=O)N23)cc1F. The summed E-state index contributed by atoms with van der Waals surface area (Å²) in [7, 11) is 0. The molecule has 0 bridgehead atoms. The molecule has 2 amide bonds. The highest BCUT2D eigenvalue weighted by atomic mass is 32.2. The van der Waals surface area contributed by atoms with Gasteiger partial charge in [-0.3, -0.25) is 14.6 Å². The first-order chi connectivity index (χ1) is 14.3. The van der Waals surface area contributed by atoms with E-state index in [2.05, 4.69) is 15.3 Å². The molecule has 0 aromatic heterocycles. The molecule has 4 rings (SSSR count). The van der Waals surface area contributed by atoms with E-state index in [-0.39, 0.29) is 29.3 Å². The quantitative estimate of drug-likeness (QED) is 0.802. The van der Waals surface area contributed by atoms with E-state index in [0.717, 1.165) is 17.3 Å². The van der Waals surface area contributed by atoms with Crippen molar-refractivity contribution in [3.05, 3.63) is 59.4 Å². The third kappa shape index (κ3) is 3.75. The number of halogens is 1. The lowest BCUT2D eigenvalue weighted by molar-refractivity contribution is -0.125. The van der Waals surface area contributed by atoms with Crippen LogP contribution in [0.5, 0.6) is 0 Å². The highest BCUT2D eigenvalue weighted by Gasteiger charge is 2.42. The molecule has 2 aromatic carbocycles. The molecule has 1 atom stereocenters. The molecule has 0 aliphatic carbocycles. The maximum absolute atomic E-state index is 13.7. The molecule has 6 nitrogen and oxygen atoms in total. The van der Waals surface area contributed by atoms with E-state index in [1.165, 1.54) is 11.0 Å². The van der Waals surface area contributed by atoms with E-state index < -0.39 is 6.04 Å². The van der Waals surface area contributed by atoms with Crippen LogP contribution in [0, 0.1) is 18.7 Å². The Labute approximate surface area is 178 Å². The molecule has 154 valence electrons. The Balaban J connectivity index is 1.54. The zero-order valence-electron chi connectivity index (χ0n) is 16.8. The molecular formula is C22H21FN4O2S. The van der Waals surface area contributed by atoms with Gasteiger partial charge < -0.3 is 5.32 Å². The molecule has 0 fully saturated rings. The van der Waals surface area contributed by atoms with Gasteiger partial charge in [0.05, 0.1) is 11.4 Å². The van der Waals surface area contributed by atoms with Gasteiger partial charge in [0, 0.05) is 11.3 Å². The van der Waals surface area contributed by atoms with Crippen LogP contribution < -0.4 is 5.32 Å². The number of amides is 2. The van der Waals surface area contributed by atoms with Crippen LogP contribution in [0.15, 0.2) is 52.4 Å². The van der Waals surface area contributed by atoms with Crippen LogP contribution in [-0.4, -0.2) is 39.5 Å². The minimum absolute atomic E-state index is 0.0277. The standard InChI is InChI=1S/C22H21FN4O2S/c1-12(2)19-21(29)27-20(26-19)15-6-4-5-7-17(15)25-22(27)30-11-18(28)24-14-9-8-13(3)16(23)10-14/h4-10,12,19H,11H2,1-3H3,(H,24,28). The lowest BCUT2D eigenvalue weighted by atomic mass is 10.1. The Morgan fingerprint density at radius 3 is 2.77 bits per heavy atom. The van der Waals surface area contributed by atoms with Gasteiger partial charge in [-0.05, 0) is 42.7 Å². The average Bonchev–Trinajstić information content (AvgIpc) is 3.07. The fraction of sp³-hybridized carbons (Fsp3) is 0.273. The first-order valence-electron chi connectivity index (χ1n) is 9.64. The van der Waals surface area contributed by atoms with Gasteiger partial charge in [-0.1, -0.05) is 43.8 Å². The third-order valence-corrected chi connectivity index (χ3v) is 5.86. The molecule has 2 aromatic rings. The van der Waals surface area contributed by atoms with Crippen molar-refractivity contribution in [2.75, 3.05) is 11.1 Å². The highest BCUT2D eigenvalue weighted by molar-refractivity contribution is 8.14. The number of rotatable bonds is 4. The van der Waals surface area contributed by atoms with Crippen LogP contribution >= 0.6 is 11.8 Å². The summed E-state index contributed by atoms with van der Waals surface area (Å²) < 4.78 is 13.7. The number of hydrogen-bond acceptors (Lipinski definition) is 5. The van der Waals surface area contributed by atoms with E-state index in [9.17, 15) is 14.0 Å². The topological polar surface area (TPSA) is 74.1 Å². The lowest BCUT2D eigenvalue weighted by Gasteiger charge is -2.25. The second kappa shape index (κ2) is 8.02. The van der Waals surface area contributed by atoms with Gasteiger partial charge in [-0.25, -0.2) is 14.3 Å². The zero-order valence-corrected chi connectivity index (χ0v) is 17.7. The summed E-state index contributed by atoms with van der Waals surface area (Å²) in [6.07, 6.45) is 0. The van der Waals surface area contributed by atoms with Gasteiger partial charge in [-0.15, -0.1) is 0 Å². The second-order valence-corrected chi connectivity index (χ2v) is 8.47. The molecule has 0 spiro atoms. The monoisotopic (exact) mass is 424 g/mol. The van der Waals surface area contributed by atoms with Crippen LogP contribution in [0.3, 0.4) is 0 Å². The van der Waals surface area contributed by atoms with E-state index in [1.54, 1.807) is 19.1 Å². The fourth-order valence-electron chi connectivity index (χ4n) is 3.30. The van der Waals surface area contributed by atoms with Crippen LogP contribution in [0.25, 0.3) is 0 Å². The van der Waals surface area contributed by atoms with E-state index in [4.69, 9.17) is 0 Å². The minimum Gasteiger partial charge on any atom is -0.325 e. The summed E-state index contributed by atoms with van der Waals surface area (Å²) in [4.78, 5) is 36.1. The number of nitrogens with one attached hydrogen (secondary N) is 1. The largest absolute Gasteiger partial charge is 0.325 e. The van der Waals surface area contributed by atoms with Gasteiger partial charge in [-0.2, -0.15) is 0 Å². The van der Waals surface area contributed by atoms with Crippen LogP contribution in [-0.2, 0) is 9.59 Å². The molecule has 0 saturated heterocycles. The van der Waals surface area contributed by atoms with Crippen molar-refractivity contribution >= 4 is 46.0 Å². The van der Waals surface area contributed by atoms with Crippen LogP contribution in [0.4, 0.5) is 15.8 Å².